The van der Waals surface area contributed by atoms with Crippen LogP contribution in [0.5, 0.6) is 5.75 Å². The first-order chi connectivity index (χ1) is 19.4. The summed E-state index contributed by atoms with van der Waals surface area (Å²) in [4.78, 5) is 30.9. The average Bonchev–Trinajstić information content (AvgIpc) is 3.50. The Hall–Kier alpha value is -2.87. The molecule has 2 aromatic rings. The van der Waals surface area contributed by atoms with Crippen LogP contribution in [0, 0.1) is 11.3 Å². The number of pyridine rings is 1. The van der Waals surface area contributed by atoms with Gasteiger partial charge in [0.25, 0.3) is 0 Å². The second-order valence-corrected chi connectivity index (χ2v) is 12.2. The van der Waals surface area contributed by atoms with E-state index in [2.05, 4.69) is 20.1 Å². The molecule has 0 unspecified atom stereocenters. The van der Waals surface area contributed by atoms with Gasteiger partial charge in [-0.15, -0.1) is 0 Å². The Morgan fingerprint density at radius 1 is 1.30 bits per heavy atom. The van der Waals surface area contributed by atoms with E-state index in [1.54, 1.807) is 19.5 Å². The van der Waals surface area contributed by atoms with Crippen molar-refractivity contribution >= 4 is 29.5 Å². The molecule has 12 nitrogen and oxygen atoms in total. The quantitative estimate of drug-likeness (QED) is 0.448. The minimum Gasteiger partial charge on any atom is -0.486 e. The Labute approximate surface area is 237 Å². The molecule has 0 aliphatic carbocycles. The fourth-order valence-electron chi connectivity index (χ4n) is 6.75. The van der Waals surface area contributed by atoms with Crippen LogP contribution in [0.25, 0.3) is 0 Å². The third-order valence-corrected chi connectivity index (χ3v) is 9.66. The summed E-state index contributed by atoms with van der Waals surface area (Å²) >= 11 is 1.45. The number of ether oxygens (including phenoxy) is 3. The van der Waals surface area contributed by atoms with Crippen LogP contribution in [0.3, 0.4) is 0 Å². The van der Waals surface area contributed by atoms with E-state index in [4.69, 9.17) is 24.2 Å². The van der Waals surface area contributed by atoms with E-state index in [1.807, 2.05) is 13.0 Å². The molecule has 2 aromatic heterocycles. The van der Waals surface area contributed by atoms with Gasteiger partial charge in [-0.1, -0.05) is 11.8 Å². The number of methoxy groups -OCH3 is 1. The van der Waals surface area contributed by atoms with Gasteiger partial charge in [0.15, 0.2) is 17.4 Å². The van der Waals surface area contributed by atoms with Crippen molar-refractivity contribution in [2.75, 3.05) is 56.4 Å². The lowest BCUT2D eigenvalue weighted by Gasteiger charge is -2.42. The highest BCUT2D eigenvalue weighted by molar-refractivity contribution is 7.99. The highest BCUT2D eigenvalue weighted by Crippen LogP contribution is 2.46. The monoisotopic (exact) mass is 572 g/mol. The van der Waals surface area contributed by atoms with Gasteiger partial charge in [0.1, 0.15) is 17.3 Å². The van der Waals surface area contributed by atoms with Gasteiger partial charge < -0.3 is 39.5 Å². The highest BCUT2D eigenvalue weighted by atomic mass is 32.2. The van der Waals surface area contributed by atoms with Gasteiger partial charge >= 0.3 is 6.09 Å². The van der Waals surface area contributed by atoms with Crippen LogP contribution in [-0.2, 0) is 16.1 Å². The Morgan fingerprint density at radius 2 is 2.12 bits per heavy atom. The number of carbonyl (C=O) groups is 1. The number of carboxylic acid groups (broad SMARTS) is 1. The molecule has 3 saturated heterocycles. The van der Waals surface area contributed by atoms with Crippen molar-refractivity contribution in [3.05, 3.63) is 24.2 Å². The van der Waals surface area contributed by atoms with Crippen molar-refractivity contribution < 1.29 is 29.2 Å². The van der Waals surface area contributed by atoms with E-state index in [0.29, 0.717) is 54.8 Å². The lowest BCUT2D eigenvalue weighted by Crippen LogP contribution is -2.54. The third kappa shape index (κ3) is 5.04. The van der Waals surface area contributed by atoms with Crippen LogP contribution in [0.4, 0.5) is 16.4 Å². The highest BCUT2D eigenvalue weighted by Gasteiger charge is 2.50. The first-order valence-electron chi connectivity index (χ1n) is 13.8. The molecule has 1 amide bonds. The zero-order valence-corrected chi connectivity index (χ0v) is 23.6. The minimum atomic E-state index is -1.03. The predicted molar refractivity (Wildman–Crippen MR) is 147 cm³/mol. The van der Waals surface area contributed by atoms with Crippen molar-refractivity contribution in [1.29, 1.82) is 0 Å². The molecular formula is C27H36N6O6S. The van der Waals surface area contributed by atoms with Crippen molar-refractivity contribution in [3.8, 4) is 5.75 Å². The van der Waals surface area contributed by atoms with E-state index < -0.39 is 6.09 Å². The molecule has 0 bridgehead atoms. The summed E-state index contributed by atoms with van der Waals surface area (Å²) in [5, 5.41) is 22.9. The number of hydrogen-bond acceptors (Lipinski definition) is 11. The number of aliphatic hydroxyl groups excluding tert-OH is 1. The zero-order chi connectivity index (χ0) is 27.9. The number of anilines is 2. The van der Waals surface area contributed by atoms with Crippen molar-refractivity contribution in [1.82, 2.24) is 20.3 Å². The number of hydrogen-bond donors (Lipinski definition) is 3. The Kier molecular flexibility index (Phi) is 7.64. The molecule has 4 atom stereocenters. The SMILES string of the molecule is COC[C@H]1C[C@H]2COc3c(Sc4cnc(N5CCC6(CC5)CO[C@@H](C)[C@H]6NC(=O)O)c(CO)n4)ccnc3N2C1. The summed E-state index contributed by atoms with van der Waals surface area (Å²) in [6.07, 6.45) is 4.89. The molecule has 3 N–H and O–H groups in total. The van der Waals surface area contributed by atoms with Crippen LogP contribution < -0.4 is 19.9 Å². The molecule has 40 heavy (non-hydrogen) atoms. The fraction of sp³-hybridized carbons (Fsp3) is 0.630. The summed E-state index contributed by atoms with van der Waals surface area (Å²) < 4.78 is 17.4. The van der Waals surface area contributed by atoms with Crippen molar-refractivity contribution in [2.24, 2.45) is 11.3 Å². The van der Waals surface area contributed by atoms with E-state index in [-0.39, 0.29) is 24.2 Å². The van der Waals surface area contributed by atoms with Gasteiger partial charge in [0.05, 0.1) is 49.1 Å². The number of aliphatic hydroxyl groups is 1. The number of rotatable bonds is 7. The maximum atomic E-state index is 11.4. The number of nitrogens with one attached hydrogen (secondary N) is 1. The Balaban J connectivity index is 1.16. The lowest BCUT2D eigenvalue weighted by molar-refractivity contribution is 0.0970. The molecule has 216 valence electrons. The lowest BCUT2D eigenvalue weighted by atomic mass is 9.73. The van der Waals surface area contributed by atoms with E-state index >= 15 is 0 Å². The zero-order valence-electron chi connectivity index (χ0n) is 22.8. The van der Waals surface area contributed by atoms with Gasteiger partial charge in [-0.3, -0.25) is 0 Å². The second-order valence-electron chi connectivity index (χ2n) is 11.2. The van der Waals surface area contributed by atoms with E-state index in [9.17, 15) is 15.0 Å². The number of amides is 1. The van der Waals surface area contributed by atoms with E-state index in [1.165, 1.54) is 11.8 Å². The number of aromatic nitrogens is 3. The van der Waals surface area contributed by atoms with Crippen LogP contribution >= 0.6 is 11.8 Å². The molecular weight excluding hydrogens is 536 g/mol. The largest absolute Gasteiger partial charge is 0.486 e. The molecule has 0 aromatic carbocycles. The molecule has 3 fully saturated rings. The smallest absolute Gasteiger partial charge is 0.404 e. The standard InChI is InChI=1S/C27H36N6O6S/c1-16-23(31-26(35)36)27(15-39-16)4-7-32(8-5-27)24-19(12-34)30-21(10-29-24)40-20-3-6-28-25-22(20)38-14-18-9-17(13-37-2)11-33(18)25/h3,6,10,16-18,23,31,34H,4-5,7-9,11-15H2,1-2H3,(H,35,36)/t16-,17-,18-,23+/m0/s1. The normalized spacial score (nSPS) is 26.9. The van der Waals surface area contributed by atoms with Gasteiger partial charge in [-0.25, -0.2) is 19.7 Å². The number of piperidine rings is 1. The van der Waals surface area contributed by atoms with Crippen LogP contribution in [0.2, 0.25) is 0 Å². The van der Waals surface area contributed by atoms with Gasteiger partial charge in [0.2, 0.25) is 0 Å². The molecule has 4 aliphatic heterocycles. The molecule has 6 rings (SSSR count). The van der Waals surface area contributed by atoms with Gasteiger partial charge in [0, 0.05) is 44.3 Å². The molecule has 6 heterocycles. The molecule has 4 aliphatic rings. The summed E-state index contributed by atoms with van der Waals surface area (Å²) in [5.41, 5.74) is 0.276. The van der Waals surface area contributed by atoms with Crippen LogP contribution in [0.1, 0.15) is 31.9 Å². The maximum absolute atomic E-state index is 11.4. The van der Waals surface area contributed by atoms with Crippen molar-refractivity contribution in [3.63, 3.8) is 0 Å². The van der Waals surface area contributed by atoms with E-state index in [0.717, 1.165) is 48.9 Å². The first-order valence-corrected chi connectivity index (χ1v) is 14.6. The molecule has 0 saturated carbocycles. The molecule has 0 radical (unpaired) electrons. The maximum Gasteiger partial charge on any atom is 0.404 e. The van der Waals surface area contributed by atoms with Crippen LogP contribution in [-0.4, -0.2) is 96.0 Å². The topological polar surface area (TPSA) is 142 Å². The number of fused-ring (bicyclic) bond motifs is 3. The van der Waals surface area contributed by atoms with Crippen molar-refractivity contribution in [2.45, 2.75) is 60.9 Å². The van der Waals surface area contributed by atoms with Crippen LogP contribution in [0.15, 0.2) is 28.4 Å². The summed E-state index contributed by atoms with van der Waals surface area (Å²) in [6, 6.07) is 1.99. The van der Waals surface area contributed by atoms with Gasteiger partial charge in [-0.05, 0) is 32.3 Å². The predicted octanol–water partition coefficient (Wildman–Crippen LogP) is 2.39. The molecule has 1 spiro atoms. The van der Waals surface area contributed by atoms with Gasteiger partial charge in [-0.2, -0.15) is 0 Å². The fourth-order valence-corrected chi connectivity index (χ4v) is 7.61. The third-order valence-electron chi connectivity index (χ3n) is 8.71. The average molecular weight is 573 g/mol. The minimum absolute atomic E-state index is 0.169. The summed E-state index contributed by atoms with van der Waals surface area (Å²) in [6.45, 7) is 5.81. The second kappa shape index (κ2) is 11.2. The Bertz CT molecular complexity index is 1240. The number of nitrogens with zero attached hydrogens (tertiary/aromatic N) is 5. The summed E-state index contributed by atoms with van der Waals surface area (Å²) in [7, 11) is 1.74. The first kappa shape index (κ1) is 27.3. The Morgan fingerprint density at radius 3 is 2.88 bits per heavy atom. The summed E-state index contributed by atoms with van der Waals surface area (Å²) in [5.74, 6) is 2.74. The molecule has 13 heteroatoms.